The number of nitrogens with one attached hydrogen (secondary N) is 1. The van der Waals surface area contributed by atoms with Gasteiger partial charge in [-0.15, -0.1) is 0 Å². The largest absolute Gasteiger partial charge is 0.437 e. The Balaban J connectivity index is 1.66. The van der Waals surface area contributed by atoms with Crippen LogP contribution in [-0.4, -0.2) is 71.3 Å². The van der Waals surface area contributed by atoms with Crippen molar-refractivity contribution in [1.29, 1.82) is 0 Å². The molecule has 0 atom stereocenters. The number of aromatic nitrogens is 3. The van der Waals surface area contributed by atoms with Crippen molar-refractivity contribution in [2.75, 3.05) is 56.6 Å². The van der Waals surface area contributed by atoms with Gasteiger partial charge in [0.05, 0.1) is 12.0 Å². The molecule has 2 N–H and O–H groups in total. The lowest BCUT2D eigenvalue weighted by atomic mass is 10.00. The highest BCUT2D eigenvalue weighted by Gasteiger charge is 2.26. The van der Waals surface area contributed by atoms with Crippen LogP contribution in [0.1, 0.15) is 0 Å². The summed E-state index contributed by atoms with van der Waals surface area (Å²) in [5, 5.41) is 13.0. The van der Waals surface area contributed by atoms with Crippen LogP contribution in [0.4, 0.5) is 11.6 Å². The van der Waals surface area contributed by atoms with E-state index in [0.29, 0.717) is 18.1 Å². The number of rotatable bonds is 6. The third-order valence-corrected chi connectivity index (χ3v) is 5.78. The number of nitrogens with zero attached hydrogens (tertiary/aromatic N) is 5. The van der Waals surface area contributed by atoms with Crippen LogP contribution < -0.4 is 10.2 Å². The fraction of sp³-hybridized carbons (Fsp3) is 0.292. The third-order valence-electron chi connectivity index (χ3n) is 5.78. The molecule has 4 aromatic rings. The summed E-state index contributed by atoms with van der Waals surface area (Å²) in [5.41, 5.74) is 3.47. The van der Waals surface area contributed by atoms with Crippen molar-refractivity contribution in [3.63, 3.8) is 0 Å². The van der Waals surface area contributed by atoms with Gasteiger partial charge < -0.3 is 24.6 Å². The van der Waals surface area contributed by atoms with Gasteiger partial charge in [0.25, 0.3) is 0 Å². The lowest BCUT2D eigenvalue weighted by molar-refractivity contribution is 0.311. The highest BCUT2D eigenvalue weighted by molar-refractivity contribution is 6.06. The molecule has 8 nitrogen and oxygen atoms in total. The van der Waals surface area contributed by atoms with Crippen molar-refractivity contribution in [3.05, 3.63) is 55.0 Å². The van der Waals surface area contributed by atoms with E-state index in [1.807, 2.05) is 30.3 Å². The number of pyridine rings is 1. The summed E-state index contributed by atoms with van der Waals surface area (Å²) in [7, 11) is 2.14. The predicted octanol–water partition coefficient (Wildman–Crippen LogP) is 3.11. The zero-order chi connectivity index (χ0) is 21.9. The monoisotopic (exact) mass is 430 g/mol. The average Bonchev–Trinajstić information content (AvgIpc) is 3.24. The zero-order valence-corrected chi connectivity index (χ0v) is 18.0. The number of furan rings is 1. The Kier molecular flexibility index (Phi) is 5.70. The quantitative estimate of drug-likeness (QED) is 0.482. The summed E-state index contributed by atoms with van der Waals surface area (Å²) in [6.45, 7) is 4.30. The van der Waals surface area contributed by atoms with Gasteiger partial charge in [-0.1, -0.05) is 30.3 Å². The van der Waals surface area contributed by atoms with Crippen LogP contribution in [0.3, 0.4) is 0 Å². The summed E-state index contributed by atoms with van der Waals surface area (Å²) >= 11 is 0. The second kappa shape index (κ2) is 8.94. The molecule has 8 heteroatoms. The van der Waals surface area contributed by atoms with Crippen LogP contribution in [0.2, 0.25) is 0 Å². The Hall–Kier alpha value is -3.49. The first kappa shape index (κ1) is 20.4. The van der Waals surface area contributed by atoms with Crippen molar-refractivity contribution >= 4 is 22.7 Å². The molecule has 0 spiro atoms. The van der Waals surface area contributed by atoms with Gasteiger partial charge in [-0.2, -0.15) is 0 Å². The van der Waals surface area contributed by atoms with Crippen LogP contribution in [0.5, 0.6) is 0 Å². The number of benzene rings is 1. The Labute approximate surface area is 186 Å². The third kappa shape index (κ3) is 3.90. The minimum Gasteiger partial charge on any atom is -0.437 e. The SMILES string of the molecule is CN1CCN(c2ncnc3oc(-c4ccc(NCCO)nc4)c(-c4ccccc4)c23)CC1. The minimum atomic E-state index is 0.0545. The predicted molar refractivity (Wildman–Crippen MR) is 126 cm³/mol. The van der Waals surface area contributed by atoms with Crippen molar-refractivity contribution in [2.24, 2.45) is 0 Å². The summed E-state index contributed by atoms with van der Waals surface area (Å²) in [6, 6.07) is 14.1. The van der Waals surface area contributed by atoms with Crippen molar-refractivity contribution in [1.82, 2.24) is 19.9 Å². The number of anilines is 2. The molecule has 0 radical (unpaired) electrons. The number of hydrogen-bond donors (Lipinski definition) is 2. The minimum absolute atomic E-state index is 0.0545. The summed E-state index contributed by atoms with van der Waals surface area (Å²) in [6.07, 6.45) is 3.37. The van der Waals surface area contributed by atoms with Crippen LogP contribution >= 0.6 is 0 Å². The average molecular weight is 431 g/mol. The number of piperazine rings is 1. The molecular weight excluding hydrogens is 404 g/mol. The van der Waals surface area contributed by atoms with E-state index in [1.165, 1.54) is 0 Å². The molecule has 32 heavy (non-hydrogen) atoms. The van der Waals surface area contributed by atoms with Crippen LogP contribution in [-0.2, 0) is 0 Å². The highest BCUT2D eigenvalue weighted by Crippen LogP contribution is 2.43. The molecule has 164 valence electrons. The first-order chi connectivity index (χ1) is 15.7. The topological polar surface area (TPSA) is 90.6 Å². The summed E-state index contributed by atoms with van der Waals surface area (Å²) < 4.78 is 6.32. The van der Waals surface area contributed by atoms with Gasteiger partial charge in [0.2, 0.25) is 5.71 Å². The van der Waals surface area contributed by atoms with Crippen LogP contribution in [0.25, 0.3) is 33.6 Å². The first-order valence-electron chi connectivity index (χ1n) is 10.8. The molecule has 1 aliphatic heterocycles. The molecule has 1 aromatic carbocycles. The van der Waals surface area contributed by atoms with E-state index in [9.17, 15) is 0 Å². The smallest absolute Gasteiger partial charge is 0.232 e. The van der Waals surface area contributed by atoms with Crippen molar-refractivity contribution in [2.45, 2.75) is 0 Å². The molecule has 4 heterocycles. The van der Waals surface area contributed by atoms with Gasteiger partial charge in [0, 0.05) is 50.0 Å². The fourth-order valence-electron chi connectivity index (χ4n) is 4.08. The van der Waals surface area contributed by atoms with E-state index in [0.717, 1.165) is 59.8 Å². The normalized spacial score (nSPS) is 14.8. The number of likely N-dealkylation sites (N-methyl/N-ethyl adjacent to an activating group) is 1. The van der Waals surface area contributed by atoms with E-state index in [1.54, 1.807) is 12.5 Å². The molecule has 3 aromatic heterocycles. The number of aliphatic hydroxyl groups excluding tert-OH is 1. The van der Waals surface area contributed by atoms with Crippen molar-refractivity contribution in [3.8, 4) is 22.5 Å². The Morgan fingerprint density at radius 2 is 1.78 bits per heavy atom. The molecule has 1 aliphatic rings. The fourth-order valence-corrected chi connectivity index (χ4v) is 4.08. The number of aliphatic hydroxyl groups is 1. The van der Waals surface area contributed by atoms with Gasteiger partial charge in [0.1, 0.15) is 23.7 Å². The molecular formula is C24H26N6O2. The molecule has 5 rings (SSSR count). The Morgan fingerprint density at radius 1 is 0.969 bits per heavy atom. The van der Waals surface area contributed by atoms with Gasteiger partial charge in [-0.25, -0.2) is 15.0 Å². The molecule has 0 bridgehead atoms. The first-order valence-corrected chi connectivity index (χ1v) is 10.8. The Morgan fingerprint density at radius 3 is 2.50 bits per heavy atom. The van der Waals surface area contributed by atoms with E-state index < -0.39 is 0 Å². The molecule has 0 amide bonds. The highest BCUT2D eigenvalue weighted by atomic mass is 16.3. The maximum Gasteiger partial charge on any atom is 0.232 e. The zero-order valence-electron chi connectivity index (χ0n) is 18.0. The van der Waals surface area contributed by atoms with Crippen molar-refractivity contribution < 1.29 is 9.52 Å². The van der Waals surface area contributed by atoms with Crippen LogP contribution in [0, 0.1) is 0 Å². The van der Waals surface area contributed by atoms with E-state index in [-0.39, 0.29) is 6.61 Å². The summed E-state index contributed by atoms with van der Waals surface area (Å²) in [4.78, 5) is 18.3. The lowest BCUT2D eigenvalue weighted by Crippen LogP contribution is -2.44. The lowest BCUT2D eigenvalue weighted by Gasteiger charge is -2.33. The van der Waals surface area contributed by atoms with E-state index in [2.05, 4.69) is 49.2 Å². The van der Waals surface area contributed by atoms with Gasteiger partial charge in [-0.3, -0.25) is 0 Å². The second-order valence-corrected chi connectivity index (χ2v) is 7.92. The standard InChI is InChI=1S/C24H26N6O2/c1-29-10-12-30(13-11-29)23-21-20(17-5-3-2-4-6-17)22(32-24(21)28-16-27-23)18-7-8-19(26-15-18)25-9-14-31/h2-8,15-16,31H,9-14H2,1H3,(H,25,26). The summed E-state index contributed by atoms with van der Waals surface area (Å²) in [5.74, 6) is 2.34. The van der Waals surface area contributed by atoms with Gasteiger partial charge in [-0.05, 0) is 24.7 Å². The molecule has 1 fully saturated rings. The maximum absolute atomic E-state index is 9.03. The van der Waals surface area contributed by atoms with Gasteiger partial charge in [0.15, 0.2) is 0 Å². The van der Waals surface area contributed by atoms with E-state index >= 15 is 0 Å². The number of hydrogen-bond acceptors (Lipinski definition) is 8. The second-order valence-electron chi connectivity index (χ2n) is 7.92. The van der Waals surface area contributed by atoms with Gasteiger partial charge >= 0.3 is 0 Å². The number of fused-ring (bicyclic) bond motifs is 1. The molecule has 1 saturated heterocycles. The Bertz CT molecular complexity index is 1180. The molecule has 0 aliphatic carbocycles. The molecule has 0 saturated carbocycles. The molecule has 0 unspecified atom stereocenters. The maximum atomic E-state index is 9.03. The van der Waals surface area contributed by atoms with Crippen LogP contribution in [0.15, 0.2) is 59.4 Å². The van der Waals surface area contributed by atoms with E-state index in [4.69, 9.17) is 9.52 Å².